The summed E-state index contributed by atoms with van der Waals surface area (Å²) in [6, 6.07) is 10.8. The summed E-state index contributed by atoms with van der Waals surface area (Å²) in [5.41, 5.74) is 0.820. The molecule has 1 heterocycles. The third-order valence-corrected chi connectivity index (χ3v) is 1.87. The quantitative estimate of drug-likeness (QED) is 0.695. The van der Waals surface area contributed by atoms with Crippen molar-refractivity contribution in [2.45, 2.75) is 0 Å². The molecule has 0 saturated heterocycles. The minimum absolute atomic E-state index is 0.108. The van der Waals surface area contributed by atoms with E-state index < -0.39 is 0 Å². The highest BCUT2D eigenvalue weighted by Gasteiger charge is 2.06. The molecule has 2 aromatic rings. The van der Waals surface area contributed by atoms with E-state index in [4.69, 9.17) is 5.11 Å². The van der Waals surface area contributed by atoms with Crippen LogP contribution in [-0.2, 0) is 0 Å². The van der Waals surface area contributed by atoms with Crippen molar-refractivity contribution in [2.75, 3.05) is 0 Å². The molecule has 66 valence electrons. The van der Waals surface area contributed by atoms with E-state index in [1.54, 1.807) is 6.20 Å². The smallest absolute Gasteiger partial charge is 0.239 e. The molecule has 3 nitrogen and oxygen atoms in total. The van der Waals surface area contributed by atoms with Gasteiger partial charge in [-0.3, -0.25) is 4.57 Å². The van der Waals surface area contributed by atoms with Gasteiger partial charge in [-0.25, -0.2) is 0 Å². The highest BCUT2D eigenvalue weighted by molar-refractivity contribution is 5.43. The van der Waals surface area contributed by atoms with E-state index in [2.05, 4.69) is 0 Å². The lowest BCUT2D eigenvalue weighted by atomic mass is 10.3. The van der Waals surface area contributed by atoms with E-state index in [1.807, 2.05) is 30.3 Å². The van der Waals surface area contributed by atoms with Crippen LogP contribution in [0.3, 0.4) is 0 Å². The maximum atomic E-state index is 9.40. The van der Waals surface area contributed by atoms with E-state index in [9.17, 15) is 5.11 Å². The van der Waals surface area contributed by atoms with Crippen LogP contribution in [0.15, 0.2) is 42.6 Å². The fourth-order valence-electron chi connectivity index (χ4n) is 1.21. The Hall–Kier alpha value is -1.90. The summed E-state index contributed by atoms with van der Waals surface area (Å²) in [4.78, 5) is 0. The Balaban J connectivity index is 2.53. The first-order valence-electron chi connectivity index (χ1n) is 3.94. The van der Waals surface area contributed by atoms with E-state index in [0.29, 0.717) is 0 Å². The topological polar surface area (TPSA) is 45.4 Å². The van der Waals surface area contributed by atoms with E-state index >= 15 is 0 Å². The molecule has 0 amide bonds. The van der Waals surface area contributed by atoms with Gasteiger partial charge in [-0.15, -0.1) is 0 Å². The van der Waals surface area contributed by atoms with Gasteiger partial charge in [-0.1, -0.05) is 18.2 Å². The standard InChI is InChI=1S/C10H9NO2/c12-9-6-7-11(10(9)13)8-4-2-1-3-5-8/h1-7,12-13H. The van der Waals surface area contributed by atoms with Crippen molar-refractivity contribution in [3.63, 3.8) is 0 Å². The Morgan fingerprint density at radius 2 is 1.62 bits per heavy atom. The van der Waals surface area contributed by atoms with Gasteiger partial charge in [0.05, 0.1) is 0 Å². The summed E-state index contributed by atoms with van der Waals surface area (Å²) in [6.07, 6.45) is 1.61. The largest absolute Gasteiger partial charge is 0.503 e. The highest BCUT2D eigenvalue weighted by atomic mass is 16.3. The number of hydrogen-bond donors (Lipinski definition) is 2. The van der Waals surface area contributed by atoms with Crippen molar-refractivity contribution in [1.82, 2.24) is 4.57 Å². The van der Waals surface area contributed by atoms with Gasteiger partial charge in [0.15, 0.2) is 5.75 Å². The molecule has 3 heteroatoms. The third kappa shape index (κ3) is 1.24. The van der Waals surface area contributed by atoms with Crippen LogP contribution in [-0.4, -0.2) is 14.8 Å². The van der Waals surface area contributed by atoms with E-state index in [-0.39, 0.29) is 11.6 Å². The van der Waals surface area contributed by atoms with Crippen LogP contribution in [0.2, 0.25) is 0 Å². The first-order valence-corrected chi connectivity index (χ1v) is 3.94. The summed E-state index contributed by atoms with van der Waals surface area (Å²) in [5, 5.41) is 18.5. The van der Waals surface area contributed by atoms with E-state index in [0.717, 1.165) is 5.69 Å². The average molecular weight is 175 g/mol. The van der Waals surface area contributed by atoms with Crippen LogP contribution in [0, 0.1) is 0 Å². The second-order valence-corrected chi connectivity index (χ2v) is 2.73. The molecule has 0 atom stereocenters. The Bertz CT molecular complexity index is 406. The first kappa shape index (κ1) is 7.73. The third-order valence-electron chi connectivity index (χ3n) is 1.87. The van der Waals surface area contributed by atoms with Crippen molar-refractivity contribution in [2.24, 2.45) is 0 Å². The van der Waals surface area contributed by atoms with Crippen LogP contribution < -0.4 is 0 Å². The number of aromatic nitrogens is 1. The number of aromatic hydroxyl groups is 2. The van der Waals surface area contributed by atoms with Crippen LogP contribution in [0.5, 0.6) is 11.6 Å². The molecule has 0 aliphatic carbocycles. The first-order chi connectivity index (χ1) is 6.29. The van der Waals surface area contributed by atoms with Crippen molar-refractivity contribution in [1.29, 1.82) is 0 Å². The minimum Gasteiger partial charge on any atom is -0.503 e. The molecular weight excluding hydrogens is 166 g/mol. The molecule has 1 aromatic heterocycles. The zero-order valence-corrected chi connectivity index (χ0v) is 6.88. The van der Waals surface area contributed by atoms with Gasteiger partial charge < -0.3 is 10.2 Å². The lowest BCUT2D eigenvalue weighted by Crippen LogP contribution is -1.89. The average Bonchev–Trinajstić information content (AvgIpc) is 2.49. The van der Waals surface area contributed by atoms with Gasteiger partial charge in [0.25, 0.3) is 0 Å². The molecular formula is C10H9NO2. The second kappa shape index (κ2) is 2.86. The molecule has 0 aliphatic heterocycles. The van der Waals surface area contributed by atoms with Crippen LogP contribution in [0.25, 0.3) is 5.69 Å². The number of benzene rings is 1. The van der Waals surface area contributed by atoms with Gasteiger partial charge in [0.2, 0.25) is 5.88 Å². The number of para-hydroxylation sites is 1. The van der Waals surface area contributed by atoms with Crippen molar-refractivity contribution >= 4 is 0 Å². The second-order valence-electron chi connectivity index (χ2n) is 2.73. The van der Waals surface area contributed by atoms with Gasteiger partial charge in [-0.05, 0) is 12.1 Å². The van der Waals surface area contributed by atoms with Gasteiger partial charge in [-0.2, -0.15) is 0 Å². The molecule has 2 rings (SSSR count). The summed E-state index contributed by atoms with van der Waals surface area (Å²) in [6.45, 7) is 0. The fraction of sp³-hybridized carbons (Fsp3) is 0. The zero-order chi connectivity index (χ0) is 9.26. The SMILES string of the molecule is Oc1ccn(-c2ccccc2)c1O. The van der Waals surface area contributed by atoms with E-state index in [1.165, 1.54) is 10.6 Å². The highest BCUT2D eigenvalue weighted by Crippen LogP contribution is 2.28. The fourth-order valence-corrected chi connectivity index (χ4v) is 1.21. The maximum absolute atomic E-state index is 9.40. The van der Waals surface area contributed by atoms with Gasteiger partial charge in [0.1, 0.15) is 0 Å². The number of hydrogen-bond acceptors (Lipinski definition) is 2. The summed E-state index contributed by atoms with van der Waals surface area (Å²) in [5.74, 6) is -0.241. The molecule has 0 fully saturated rings. The zero-order valence-electron chi connectivity index (χ0n) is 6.88. The lowest BCUT2D eigenvalue weighted by Gasteiger charge is -2.03. The van der Waals surface area contributed by atoms with Gasteiger partial charge >= 0.3 is 0 Å². The predicted octanol–water partition coefficient (Wildman–Crippen LogP) is 1.89. The normalized spacial score (nSPS) is 10.2. The summed E-state index contributed by atoms with van der Waals surface area (Å²) < 4.78 is 1.51. The van der Waals surface area contributed by atoms with Crippen molar-refractivity contribution in [3.8, 4) is 17.3 Å². The molecule has 0 spiro atoms. The molecule has 1 aromatic carbocycles. The molecule has 0 radical (unpaired) electrons. The Kier molecular flexibility index (Phi) is 1.70. The molecule has 13 heavy (non-hydrogen) atoms. The van der Waals surface area contributed by atoms with Crippen LogP contribution in [0.4, 0.5) is 0 Å². The van der Waals surface area contributed by atoms with Crippen LogP contribution in [0.1, 0.15) is 0 Å². The number of nitrogens with zero attached hydrogens (tertiary/aromatic N) is 1. The Morgan fingerprint density at radius 1 is 0.923 bits per heavy atom. The molecule has 0 saturated carbocycles. The molecule has 2 N–H and O–H groups in total. The maximum Gasteiger partial charge on any atom is 0.239 e. The molecule has 0 bridgehead atoms. The lowest BCUT2D eigenvalue weighted by molar-refractivity contribution is 0.387. The molecule has 0 aliphatic rings. The summed E-state index contributed by atoms with van der Waals surface area (Å²) in [7, 11) is 0. The molecule has 0 unspecified atom stereocenters. The monoisotopic (exact) mass is 175 g/mol. The Labute approximate surface area is 75.5 Å². The van der Waals surface area contributed by atoms with Crippen molar-refractivity contribution < 1.29 is 10.2 Å². The van der Waals surface area contributed by atoms with Gasteiger partial charge in [0, 0.05) is 18.0 Å². The van der Waals surface area contributed by atoms with Crippen LogP contribution >= 0.6 is 0 Å². The number of rotatable bonds is 1. The predicted molar refractivity (Wildman–Crippen MR) is 49.1 cm³/mol. The minimum atomic E-state index is -0.133. The Morgan fingerprint density at radius 3 is 2.15 bits per heavy atom. The van der Waals surface area contributed by atoms with Crippen molar-refractivity contribution in [3.05, 3.63) is 42.6 Å². The summed E-state index contributed by atoms with van der Waals surface area (Å²) >= 11 is 0.